The van der Waals surface area contributed by atoms with Gasteiger partial charge >= 0.3 is 6.18 Å². The molecule has 0 aliphatic heterocycles. The minimum atomic E-state index is -4.39. The van der Waals surface area contributed by atoms with Gasteiger partial charge in [0.2, 0.25) is 5.91 Å². The standard InChI is InChI=1S/C10H9BrF3N3O3/c11-7-3-6(1-2-8(7)17(19)20)16-9(18)4-15-5-10(12,13)14/h1-3,15H,4-5H2,(H,16,18). The van der Waals surface area contributed by atoms with Gasteiger partial charge in [-0.3, -0.25) is 14.9 Å². The van der Waals surface area contributed by atoms with Crippen LogP contribution in [0.1, 0.15) is 0 Å². The van der Waals surface area contributed by atoms with Crippen LogP contribution in [0.5, 0.6) is 0 Å². The molecule has 0 aliphatic carbocycles. The third kappa shape index (κ3) is 5.53. The fourth-order valence-electron chi connectivity index (χ4n) is 1.26. The second-order valence-corrected chi connectivity index (χ2v) is 4.54. The average molecular weight is 356 g/mol. The molecule has 0 saturated carbocycles. The van der Waals surface area contributed by atoms with E-state index < -0.39 is 30.1 Å². The van der Waals surface area contributed by atoms with Crippen LogP contribution in [0.4, 0.5) is 24.5 Å². The highest BCUT2D eigenvalue weighted by Gasteiger charge is 2.26. The summed E-state index contributed by atoms with van der Waals surface area (Å²) in [5, 5.41) is 14.8. The van der Waals surface area contributed by atoms with Crippen LogP contribution >= 0.6 is 15.9 Å². The Bertz CT molecular complexity index is 522. The first-order chi connectivity index (χ1) is 9.19. The van der Waals surface area contributed by atoms with Crippen molar-refractivity contribution in [1.82, 2.24) is 5.32 Å². The SMILES string of the molecule is O=C(CNCC(F)(F)F)Nc1ccc([N+](=O)[O-])c(Br)c1. The number of alkyl halides is 3. The summed E-state index contributed by atoms with van der Waals surface area (Å²) in [7, 11) is 0. The molecule has 1 amide bonds. The van der Waals surface area contributed by atoms with Gasteiger partial charge < -0.3 is 10.6 Å². The molecule has 0 atom stereocenters. The van der Waals surface area contributed by atoms with Gasteiger partial charge in [0.05, 0.1) is 22.5 Å². The molecule has 0 bridgehead atoms. The van der Waals surface area contributed by atoms with Crippen molar-refractivity contribution in [3.63, 3.8) is 0 Å². The summed E-state index contributed by atoms with van der Waals surface area (Å²) in [5.41, 5.74) is 0.0551. The van der Waals surface area contributed by atoms with E-state index in [9.17, 15) is 28.1 Å². The van der Waals surface area contributed by atoms with Crippen molar-refractivity contribution in [1.29, 1.82) is 0 Å². The monoisotopic (exact) mass is 355 g/mol. The predicted octanol–water partition coefficient (Wildman–Crippen LogP) is 2.45. The lowest BCUT2D eigenvalue weighted by molar-refractivity contribution is -0.385. The van der Waals surface area contributed by atoms with Crippen LogP contribution in [0.2, 0.25) is 0 Å². The van der Waals surface area contributed by atoms with Crippen molar-refractivity contribution < 1.29 is 22.9 Å². The van der Waals surface area contributed by atoms with Crippen molar-refractivity contribution >= 4 is 33.2 Å². The third-order valence-corrected chi connectivity index (χ3v) is 2.67. The molecule has 2 N–H and O–H groups in total. The number of amides is 1. The average Bonchev–Trinajstić information content (AvgIpc) is 2.26. The largest absolute Gasteiger partial charge is 0.401 e. The lowest BCUT2D eigenvalue weighted by atomic mass is 10.3. The topological polar surface area (TPSA) is 84.3 Å². The molecule has 0 aliphatic rings. The molecule has 0 saturated heterocycles. The van der Waals surface area contributed by atoms with Gasteiger partial charge in [-0.15, -0.1) is 0 Å². The maximum atomic E-state index is 11.8. The molecule has 0 fully saturated rings. The highest BCUT2D eigenvalue weighted by molar-refractivity contribution is 9.10. The van der Waals surface area contributed by atoms with Crippen LogP contribution in [-0.2, 0) is 4.79 Å². The molecular weight excluding hydrogens is 347 g/mol. The van der Waals surface area contributed by atoms with Crippen molar-refractivity contribution in [2.75, 3.05) is 18.4 Å². The summed E-state index contributed by atoms with van der Waals surface area (Å²) >= 11 is 2.96. The number of hydrogen-bond donors (Lipinski definition) is 2. The molecule has 0 unspecified atom stereocenters. The van der Waals surface area contributed by atoms with Crippen LogP contribution < -0.4 is 10.6 Å². The van der Waals surface area contributed by atoms with Gasteiger partial charge in [-0.25, -0.2) is 0 Å². The fraction of sp³-hybridized carbons (Fsp3) is 0.300. The molecule has 20 heavy (non-hydrogen) atoms. The highest BCUT2D eigenvalue weighted by atomic mass is 79.9. The molecular formula is C10H9BrF3N3O3. The maximum absolute atomic E-state index is 11.8. The van der Waals surface area contributed by atoms with Crippen molar-refractivity contribution in [3.8, 4) is 0 Å². The number of carbonyl (C=O) groups is 1. The van der Waals surface area contributed by atoms with Gasteiger partial charge in [0.1, 0.15) is 0 Å². The van der Waals surface area contributed by atoms with Gasteiger partial charge in [0, 0.05) is 11.8 Å². The molecule has 1 rings (SSSR count). The summed E-state index contributed by atoms with van der Waals surface area (Å²) in [6, 6.07) is 3.74. The Labute approximate surface area is 119 Å². The Hall–Kier alpha value is -1.68. The Morgan fingerprint density at radius 2 is 2.05 bits per heavy atom. The molecule has 0 heterocycles. The third-order valence-electron chi connectivity index (χ3n) is 2.04. The summed E-state index contributed by atoms with van der Waals surface area (Å²) in [6.45, 7) is -1.79. The lowest BCUT2D eigenvalue weighted by Crippen LogP contribution is -2.35. The normalized spacial score (nSPS) is 11.2. The van der Waals surface area contributed by atoms with Crippen LogP contribution in [0.25, 0.3) is 0 Å². The van der Waals surface area contributed by atoms with Crippen molar-refractivity contribution in [2.24, 2.45) is 0 Å². The van der Waals surface area contributed by atoms with Gasteiger partial charge in [-0.05, 0) is 28.1 Å². The molecule has 110 valence electrons. The zero-order chi connectivity index (χ0) is 15.3. The zero-order valence-corrected chi connectivity index (χ0v) is 11.4. The first kappa shape index (κ1) is 16.4. The van der Waals surface area contributed by atoms with E-state index >= 15 is 0 Å². The Morgan fingerprint density at radius 3 is 2.55 bits per heavy atom. The van der Waals surface area contributed by atoms with Crippen LogP contribution in [0.15, 0.2) is 22.7 Å². The van der Waals surface area contributed by atoms with E-state index in [1.807, 2.05) is 5.32 Å². The van der Waals surface area contributed by atoms with E-state index in [4.69, 9.17) is 0 Å². The lowest BCUT2D eigenvalue weighted by Gasteiger charge is -2.09. The quantitative estimate of drug-likeness (QED) is 0.627. The fourth-order valence-corrected chi connectivity index (χ4v) is 1.78. The van der Waals surface area contributed by atoms with E-state index in [1.54, 1.807) is 0 Å². The second-order valence-electron chi connectivity index (χ2n) is 3.69. The van der Waals surface area contributed by atoms with Crippen molar-refractivity contribution in [2.45, 2.75) is 6.18 Å². The smallest absolute Gasteiger partial charge is 0.325 e. The van der Waals surface area contributed by atoms with Gasteiger partial charge in [-0.2, -0.15) is 13.2 Å². The minimum absolute atomic E-state index is 0.156. The predicted molar refractivity (Wildman–Crippen MR) is 68.4 cm³/mol. The van der Waals surface area contributed by atoms with E-state index in [0.29, 0.717) is 0 Å². The Morgan fingerprint density at radius 1 is 1.40 bits per heavy atom. The molecule has 1 aromatic rings. The minimum Gasteiger partial charge on any atom is -0.325 e. The van der Waals surface area contributed by atoms with E-state index in [0.717, 1.165) is 0 Å². The molecule has 0 spiro atoms. The number of nitro groups is 1. The van der Waals surface area contributed by atoms with Crippen LogP contribution in [0, 0.1) is 10.1 Å². The maximum Gasteiger partial charge on any atom is 0.401 e. The number of benzene rings is 1. The Kier molecular flexibility index (Phi) is 5.45. The molecule has 0 radical (unpaired) electrons. The van der Waals surface area contributed by atoms with Gasteiger partial charge in [-0.1, -0.05) is 0 Å². The van der Waals surface area contributed by atoms with Crippen LogP contribution in [-0.4, -0.2) is 30.1 Å². The number of halogens is 4. The summed E-state index contributed by atoms with van der Waals surface area (Å²) in [6.07, 6.45) is -4.39. The summed E-state index contributed by atoms with van der Waals surface area (Å²) < 4.78 is 35.7. The molecule has 1 aromatic carbocycles. The zero-order valence-electron chi connectivity index (χ0n) is 9.83. The van der Waals surface area contributed by atoms with E-state index in [-0.39, 0.29) is 15.8 Å². The molecule has 6 nitrogen and oxygen atoms in total. The van der Waals surface area contributed by atoms with Crippen LogP contribution in [0.3, 0.4) is 0 Å². The first-order valence-corrected chi connectivity index (χ1v) is 5.99. The number of nitrogens with zero attached hydrogens (tertiary/aromatic N) is 1. The van der Waals surface area contributed by atoms with E-state index in [1.165, 1.54) is 18.2 Å². The number of rotatable bonds is 5. The van der Waals surface area contributed by atoms with Gasteiger partial charge in [0.15, 0.2) is 0 Å². The first-order valence-electron chi connectivity index (χ1n) is 5.20. The Balaban J connectivity index is 2.54. The number of nitrogens with one attached hydrogen (secondary N) is 2. The van der Waals surface area contributed by atoms with E-state index in [2.05, 4.69) is 21.2 Å². The number of anilines is 1. The van der Waals surface area contributed by atoms with Gasteiger partial charge in [0.25, 0.3) is 5.69 Å². The number of carbonyl (C=O) groups excluding carboxylic acids is 1. The van der Waals surface area contributed by atoms with Crippen molar-refractivity contribution in [3.05, 3.63) is 32.8 Å². The molecule has 0 aromatic heterocycles. The summed E-state index contributed by atoms with van der Waals surface area (Å²) in [5.74, 6) is -0.685. The number of hydrogen-bond acceptors (Lipinski definition) is 4. The number of nitro benzene ring substituents is 1. The molecule has 10 heteroatoms. The summed E-state index contributed by atoms with van der Waals surface area (Å²) in [4.78, 5) is 21.3. The highest BCUT2D eigenvalue weighted by Crippen LogP contribution is 2.27. The second kappa shape index (κ2) is 6.66.